The smallest absolute Gasteiger partial charge is 0.243 e. The van der Waals surface area contributed by atoms with Gasteiger partial charge in [0.05, 0.1) is 16.8 Å². The minimum atomic E-state index is -3.60. The molecule has 1 fully saturated rings. The molecule has 1 N–H and O–H groups in total. The number of sulfonamides is 1. The first-order valence-corrected chi connectivity index (χ1v) is 13.3. The van der Waals surface area contributed by atoms with Crippen molar-refractivity contribution in [3.63, 3.8) is 0 Å². The SMILES string of the molecule is Cn1cnnc1C1CCN(S(=O)(=O)c2cccc(Nc3ccc(OCc4ccccc4)nc3)c2)CC1. The van der Waals surface area contributed by atoms with Crippen molar-refractivity contribution in [2.24, 2.45) is 7.05 Å². The summed E-state index contributed by atoms with van der Waals surface area (Å²) in [6, 6.07) is 20.4. The summed E-state index contributed by atoms with van der Waals surface area (Å²) < 4.78 is 35.8. The van der Waals surface area contributed by atoms with E-state index in [2.05, 4.69) is 20.5 Å². The maximum Gasteiger partial charge on any atom is 0.243 e. The van der Waals surface area contributed by atoms with Gasteiger partial charge in [-0.1, -0.05) is 36.4 Å². The normalized spacial score (nSPS) is 15.0. The summed E-state index contributed by atoms with van der Waals surface area (Å²) in [5.41, 5.74) is 2.48. The second kappa shape index (κ2) is 10.5. The van der Waals surface area contributed by atoms with Gasteiger partial charge in [-0.3, -0.25) is 0 Å². The van der Waals surface area contributed by atoms with Crippen LogP contribution >= 0.6 is 0 Å². The lowest BCUT2D eigenvalue weighted by atomic mass is 9.97. The second-order valence-electron chi connectivity index (χ2n) is 8.79. The van der Waals surface area contributed by atoms with E-state index in [4.69, 9.17) is 4.74 Å². The number of hydrogen-bond donors (Lipinski definition) is 1. The molecule has 0 saturated carbocycles. The molecule has 0 unspecified atom stereocenters. The number of aromatic nitrogens is 4. The topological polar surface area (TPSA) is 102 Å². The van der Waals surface area contributed by atoms with E-state index in [1.165, 1.54) is 0 Å². The van der Waals surface area contributed by atoms with Crippen molar-refractivity contribution in [2.75, 3.05) is 18.4 Å². The first-order valence-electron chi connectivity index (χ1n) is 11.8. The van der Waals surface area contributed by atoms with Gasteiger partial charge in [0.25, 0.3) is 0 Å². The lowest BCUT2D eigenvalue weighted by molar-refractivity contribution is 0.294. The Morgan fingerprint density at radius 1 is 1.00 bits per heavy atom. The highest BCUT2D eigenvalue weighted by Gasteiger charge is 2.31. The molecule has 0 radical (unpaired) electrons. The molecule has 3 heterocycles. The first-order chi connectivity index (χ1) is 17.5. The number of nitrogens with zero attached hydrogens (tertiary/aromatic N) is 5. The molecule has 0 amide bonds. The Morgan fingerprint density at radius 3 is 2.50 bits per heavy atom. The van der Waals surface area contributed by atoms with Gasteiger partial charge in [0.15, 0.2) is 0 Å². The maximum absolute atomic E-state index is 13.3. The van der Waals surface area contributed by atoms with Gasteiger partial charge in [0.1, 0.15) is 18.8 Å². The Bertz CT molecular complexity index is 1400. The van der Waals surface area contributed by atoms with Crippen LogP contribution in [0.2, 0.25) is 0 Å². The molecule has 1 saturated heterocycles. The van der Waals surface area contributed by atoms with Crippen molar-refractivity contribution < 1.29 is 13.2 Å². The van der Waals surface area contributed by atoms with Crippen LogP contribution in [0.1, 0.15) is 30.1 Å². The third-order valence-corrected chi connectivity index (χ3v) is 8.19. The second-order valence-corrected chi connectivity index (χ2v) is 10.7. The Kier molecular flexibility index (Phi) is 6.97. The van der Waals surface area contributed by atoms with Gasteiger partial charge in [0, 0.05) is 37.8 Å². The van der Waals surface area contributed by atoms with Crippen molar-refractivity contribution in [3.8, 4) is 5.88 Å². The summed E-state index contributed by atoms with van der Waals surface area (Å²) in [6.07, 6.45) is 4.78. The predicted molar refractivity (Wildman–Crippen MR) is 136 cm³/mol. The number of rotatable bonds is 8. The van der Waals surface area contributed by atoms with Gasteiger partial charge < -0.3 is 14.6 Å². The zero-order valence-electron chi connectivity index (χ0n) is 20.0. The molecule has 0 atom stereocenters. The number of nitrogens with one attached hydrogen (secondary N) is 1. The van der Waals surface area contributed by atoms with Crippen LogP contribution in [0.15, 0.2) is 84.1 Å². The molecular weight excluding hydrogens is 476 g/mol. The van der Waals surface area contributed by atoms with Crippen LogP contribution in [0.4, 0.5) is 11.4 Å². The summed E-state index contributed by atoms with van der Waals surface area (Å²) in [7, 11) is -1.69. The van der Waals surface area contributed by atoms with E-state index in [1.807, 2.05) is 54.1 Å². The average Bonchev–Trinajstić information content (AvgIpc) is 3.35. The molecule has 0 aliphatic carbocycles. The van der Waals surface area contributed by atoms with Crippen molar-refractivity contribution in [1.29, 1.82) is 0 Å². The Morgan fingerprint density at radius 2 is 1.81 bits per heavy atom. The van der Waals surface area contributed by atoms with Crippen molar-refractivity contribution in [2.45, 2.75) is 30.3 Å². The number of anilines is 2. The van der Waals surface area contributed by atoms with Crippen LogP contribution in [-0.2, 0) is 23.7 Å². The fraction of sp³-hybridized carbons (Fsp3) is 0.269. The lowest BCUT2D eigenvalue weighted by Crippen LogP contribution is -2.38. The molecule has 186 valence electrons. The third kappa shape index (κ3) is 5.39. The Labute approximate surface area is 210 Å². The van der Waals surface area contributed by atoms with E-state index in [1.54, 1.807) is 41.1 Å². The van der Waals surface area contributed by atoms with Gasteiger partial charge in [0.2, 0.25) is 15.9 Å². The van der Waals surface area contributed by atoms with E-state index in [9.17, 15) is 8.42 Å². The van der Waals surface area contributed by atoms with Crippen molar-refractivity contribution in [1.82, 2.24) is 24.1 Å². The summed E-state index contributed by atoms with van der Waals surface area (Å²) in [6.45, 7) is 1.34. The number of aryl methyl sites for hydroxylation is 1. The summed E-state index contributed by atoms with van der Waals surface area (Å²) in [5.74, 6) is 1.64. The predicted octanol–water partition coefficient (Wildman–Crippen LogP) is 4.10. The van der Waals surface area contributed by atoms with Gasteiger partial charge in [-0.05, 0) is 42.7 Å². The first kappa shape index (κ1) is 24.0. The Hall–Kier alpha value is -3.76. The van der Waals surface area contributed by atoms with Gasteiger partial charge in [-0.15, -0.1) is 10.2 Å². The monoisotopic (exact) mass is 504 g/mol. The molecule has 0 bridgehead atoms. The molecule has 36 heavy (non-hydrogen) atoms. The molecule has 2 aromatic carbocycles. The molecule has 0 spiro atoms. The molecular formula is C26H28N6O3S. The van der Waals surface area contributed by atoms with Crippen LogP contribution < -0.4 is 10.1 Å². The van der Waals surface area contributed by atoms with Crippen molar-refractivity contribution in [3.05, 3.63) is 90.6 Å². The van der Waals surface area contributed by atoms with Crippen LogP contribution in [0.25, 0.3) is 0 Å². The lowest BCUT2D eigenvalue weighted by Gasteiger charge is -2.30. The highest BCUT2D eigenvalue weighted by Crippen LogP contribution is 2.30. The van der Waals surface area contributed by atoms with Gasteiger partial charge in [-0.25, -0.2) is 13.4 Å². The number of piperidine rings is 1. The zero-order valence-corrected chi connectivity index (χ0v) is 20.8. The molecule has 1 aliphatic heterocycles. The largest absolute Gasteiger partial charge is 0.473 e. The average molecular weight is 505 g/mol. The fourth-order valence-electron chi connectivity index (χ4n) is 4.34. The Balaban J connectivity index is 1.21. The number of benzene rings is 2. The van der Waals surface area contributed by atoms with E-state index in [0.717, 1.165) is 17.1 Å². The minimum Gasteiger partial charge on any atom is -0.473 e. The highest BCUT2D eigenvalue weighted by atomic mass is 32.2. The maximum atomic E-state index is 13.3. The van der Waals surface area contributed by atoms with Crippen LogP contribution in [0, 0.1) is 0 Å². The minimum absolute atomic E-state index is 0.212. The van der Waals surface area contributed by atoms with Gasteiger partial charge >= 0.3 is 0 Å². The highest BCUT2D eigenvalue weighted by molar-refractivity contribution is 7.89. The van der Waals surface area contributed by atoms with Crippen molar-refractivity contribution >= 4 is 21.4 Å². The van der Waals surface area contributed by atoms with Crippen LogP contribution in [0.3, 0.4) is 0 Å². The van der Waals surface area contributed by atoms with E-state index in [-0.39, 0.29) is 10.8 Å². The number of ether oxygens (including phenoxy) is 1. The van der Waals surface area contributed by atoms with E-state index < -0.39 is 10.0 Å². The number of hydrogen-bond acceptors (Lipinski definition) is 7. The number of pyridine rings is 1. The van der Waals surface area contributed by atoms with E-state index >= 15 is 0 Å². The summed E-state index contributed by atoms with van der Waals surface area (Å²) in [4.78, 5) is 4.61. The van der Waals surface area contributed by atoms with Crippen LogP contribution in [-0.4, -0.2) is 45.6 Å². The molecule has 4 aromatic rings. The molecule has 1 aliphatic rings. The summed E-state index contributed by atoms with van der Waals surface area (Å²) in [5, 5.41) is 11.4. The quantitative estimate of drug-likeness (QED) is 0.385. The standard InChI is InChI=1S/C26H28N6O3S/c1-31-19-28-30-26(31)21-12-14-32(15-13-21)36(33,34)24-9-5-8-22(16-24)29-23-10-11-25(27-17-23)35-18-20-6-3-2-4-7-20/h2-11,16-17,19,21,29H,12-15,18H2,1H3. The van der Waals surface area contributed by atoms with Gasteiger partial charge in [-0.2, -0.15) is 4.31 Å². The molecule has 5 rings (SSSR count). The van der Waals surface area contributed by atoms with E-state index in [0.29, 0.717) is 44.1 Å². The molecule has 9 nitrogen and oxygen atoms in total. The molecule has 10 heteroatoms. The third-order valence-electron chi connectivity index (χ3n) is 6.29. The van der Waals surface area contributed by atoms with Crippen LogP contribution in [0.5, 0.6) is 5.88 Å². The zero-order chi connectivity index (χ0) is 25.0. The summed E-state index contributed by atoms with van der Waals surface area (Å²) >= 11 is 0. The fourth-order valence-corrected chi connectivity index (χ4v) is 5.85. The molecule has 2 aromatic heterocycles.